The highest BCUT2D eigenvalue weighted by molar-refractivity contribution is 8.04. The van der Waals surface area contributed by atoms with Gasteiger partial charge in [0.2, 0.25) is 17.3 Å². The summed E-state index contributed by atoms with van der Waals surface area (Å²) >= 11 is 1.15. The summed E-state index contributed by atoms with van der Waals surface area (Å²) in [5, 5.41) is 12.0. The molecule has 5 nitrogen and oxygen atoms in total. The summed E-state index contributed by atoms with van der Waals surface area (Å²) in [5.74, 6) is -0.258. The first kappa shape index (κ1) is 10.1. The van der Waals surface area contributed by atoms with Gasteiger partial charge in [-0.25, -0.2) is 0 Å². The van der Waals surface area contributed by atoms with Crippen LogP contribution in [0.3, 0.4) is 0 Å². The summed E-state index contributed by atoms with van der Waals surface area (Å²) in [7, 11) is 0. The maximum absolute atomic E-state index is 11.7. The zero-order valence-corrected chi connectivity index (χ0v) is 8.41. The first-order valence-corrected chi connectivity index (χ1v) is 5.21. The Bertz CT molecular complexity index is 449. The molecule has 0 spiro atoms. The van der Waals surface area contributed by atoms with Crippen molar-refractivity contribution in [1.29, 1.82) is 0 Å². The van der Waals surface area contributed by atoms with Crippen molar-refractivity contribution in [3.8, 4) is 0 Å². The molecule has 1 aliphatic carbocycles. The molecule has 15 heavy (non-hydrogen) atoms. The third-order valence-electron chi connectivity index (χ3n) is 1.87. The van der Waals surface area contributed by atoms with Crippen LogP contribution in [0.2, 0.25) is 0 Å². The van der Waals surface area contributed by atoms with Gasteiger partial charge in [-0.1, -0.05) is 5.16 Å². The third kappa shape index (κ3) is 1.73. The lowest BCUT2D eigenvalue weighted by Gasteiger charge is -2.08. The van der Waals surface area contributed by atoms with Crippen LogP contribution in [0.4, 0.5) is 0 Å². The largest absolute Gasteiger partial charge is 0.396 e. The number of hydrogen-bond acceptors (Lipinski definition) is 6. The van der Waals surface area contributed by atoms with Crippen molar-refractivity contribution >= 4 is 23.3 Å². The van der Waals surface area contributed by atoms with Crippen molar-refractivity contribution in [2.24, 2.45) is 0 Å². The van der Waals surface area contributed by atoms with Crippen LogP contribution in [0.1, 0.15) is 20.9 Å². The van der Waals surface area contributed by atoms with Gasteiger partial charge < -0.3 is 9.63 Å². The molecule has 6 heteroatoms. The van der Waals surface area contributed by atoms with Gasteiger partial charge in [0.1, 0.15) is 0 Å². The molecule has 2 rings (SSSR count). The molecule has 0 aliphatic heterocycles. The molecule has 0 aromatic carbocycles. The lowest BCUT2D eigenvalue weighted by Crippen LogP contribution is -2.13. The van der Waals surface area contributed by atoms with Gasteiger partial charge in [-0.2, -0.15) is 0 Å². The number of aliphatic hydroxyl groups excluding tert-OH is 1. The highest BCUT2D eigenvalue weighted by Gasteiger charge is 2.29. The second-order valence-corrected chi connectivity index (χ2v) is 3.98. The summed E-state index contributed by atoms with van der Waals surface area (Å²) in [6.07, 6.45) is 2.46. The molecule has 78 valence electrons. The third-order valence-corrected chi connectivity index (χ3v) is 2.87. The van der Waals surface area contributed by atoms with E-state index in [0.717, 1.165) is 11.8 Å². The maximum Gasteiger partial charge on any atom is 0.225 e. The van der Waals surface area contributed by atoms with Gasteiger partial charge in [0.15, 0.2) is 0 Å². The minimum Gasteiger partial charge on any atom is -0.396 e. The number of hydrogen-bond donors (Lipinski definition) is 1. The number of fused-ring (bicyclic) bond motifs is 1. The Morgan fingerprint density at radius 3 is 3.00 bits per heavy atom. The number of aliphatic hydroxyl groups is 1. The first-order chi connectivity index (χ1) is 7.24. The average Bonchev–Trinajstić information content (AvgIpc) is 2.70. The number of Topliss-reactive ketones (excluding diaryl/α,β-unsaturated/α-hetero) is 1. The average molecular weight is 225 g/mol. The highest BCUT2D eigenvalue weighted by Crippen LogP contribution is 2.27. The van der Waals surface area contributed by atoms with Crippen LogP contribution in [0.25, 0.3) is 0 Å². The van der Waals surface area contributed by atoms with E-state index in [1.807, 2.05) is 0 Å². The topological polar surface area (TPSA) is 80.4 Å². The van der Waals surface area contributed by atoms with E-state index < -0.39 is 0 Å². The molecule has 0 radical (unpaired) electrons. The van der Waals surface area contributed by atoms with E-state index >= 15 is 0 Å². The normalized spacial score (nSPS) is 15.1. The number of nitrogens with zero attached hydrogens (tertiary/aromatic N) is 1. The van der Waals surface area contributed by atoms with Gasteiger partial charge in [-0.05, 0) is 0 Å². The molecule has 0 fully saturated rings. The molecular weight excluding hydrogens is 218 g/mol. The molecule has 0 unspecified atom stereocenters. The predicted octanol–water partition coefficient (Wildman–Crippen LogP) is 0.663. The van der Waals surface area contributed by atoms with Gasteiger partial charge in [0.25, 0.3) is 0 Å². The van der Waals surface area contributed by atoms with Crippen LogP contribution in [-0.4, -0.2) is 34.2 Å². The monoisotopic (exact) mass is 225 g/mol. The Balaban J connectivity index is 2.30. The lowest BCUT2D eigenvalue weighted by molar-refractivity contribution is 0.0967. The Morgan fingerprint density at radius 2 is 2.27 bits per heavy atom. The molecule has 0 atom stereocenters. The van der Waals surface area contributed by atoms with Gasteiger partial charge in [-0.15, -0.1) is 11.8 Å². The van der Waals surface area contributed by atoms with E-state index in [1.165, 1.54) is 12.3 Å². The second-order valence-electron chi connectivity index (χ2n) is 2.84. The highest BCUT2D eigenvalue weighted by atomic mass is 32.2. The van der Waals surface area contributed by atoms with E-state index in [-0.39, 0.29) is 29.5 Å². The fourth-order valence-corrected chi connectivity index (χ4v) is 1.97. The number of ketones is 2. The number of allylic oxidation sites excluding steroid dienone is 2. The lowest BCUT2D eigenvalue weighted by atomic mass is 10.0. The van der Waals surface area contributed by atoms with Crippen LogP contribution in [0, 0.1) is 0 Å². The standard InChI is InChI=1S/C9H7NO4S/c11-1-2-15-7-3-6(12)9-5(8(7)13)4-10-14-9/h3-4,11H,1-2H2. The van der Waals surface area contributed by atoms with Crippen molar-refractivity contribution in [3.63, 3.8) is 0 Å². The number of aromatic nitrogens is 1. The van der Waals surface area contributed by atoms with Gasteiger partial charge in [-0.3, -0.25) is 9.59 Å². The summed E-state index contributed by atoms with van der Waals surface area (Å²) < 4.78 is 4.67. The molecule has 0 amide bonds. The summed E-state index contributed by atoms with van der Waals surface area (Å²) in [6, 6.07) is 0. The fraction of sp³-hybridized carbons (Fsp3) is 0.222. The van der Waals surface area contributed by atoms with E-state index in [4.69, 9.17) is 5.11 Å². The zero-order chi connectivity index (χ0) is 10.8. The second kappa shape index (κ2) is 4.00. The molecule has 1 aliphatic rings. The SMILES string of the molecule is O=C1C(SCCO)=CC(=O)c2oncc21. The van der Waals surface area contributed by atoms with Gasteiger partial charge in [0, 0.05) is 11.8 Å². The van der Waals surface area contributed by atoms with Crippen molar-refractivity contribution in [3.05, 3.63) is 28.5 Å². The molecule has 0 bridgehead atoms. The molecule has 0 saturated carbocycles. The Morgan fingerprint density at radius 1 is 1.47 bits per heavy atom. The van der Waals surface area contributed by atoms with Gasteiger partial charge >= 0.3 is 0 Å². The molecule has 1 heterocycles. The summed E-state index contributed by atoms with van der Waals surface area (Å²) in [6.45, 7) is -0.0417. The smallest absolute Gasteiger partial charge is 0.225 e. The molecule has 0 saturated heterocycles. The number of rotatable bonds is 3. The quantitative estimate of drug-likeness (QED) is 0.814. The van der Waals surface area contributed by atoms with Crippen molar-refractivity contribution in [2.75, 3.05) is 12.4 Å². The van der Waals surface area contributed by atoms with E-state index in [9.17, 15) is 9.59 Å². The van der Waals surface area contributed by atoms with Crippen LogP contribution in [0.15, 0.2) is 21.7 Å². The Labute approximate surface area is 89.1 Å². The summed E-state index contributed by atoms with van der Waals surface area (Å²) in [4.78, 5) is 23.5. The number of carbonyl (C=O) groups is 2. The fourth-order valence-electron chi connectivity index (χ4n) is 1.22. The first-order valence-electron chi connectivity index (χ1n) is 4.23. The van der Waals surface area contributed by atoms with E-state index in [0.29, 0.717) is 10.7 Å². The summed E-state index contributed by atoms with van der Waals surface area (Å²) in [5.41, 5.74) is 0.197. The zero-order valence-electron chi connectivity index (χ0n) is 7.60. The van der Waals surface area contributed by atoms with Gasteiger partial charge in [0.05, 0.1) is 23.3 Å². The Kier molecular flexibility index (Phi) is 2.70. The predicted molar refractivity (Wildman–Crippen MR) is 52.8 cm³/mol. The van der Waals surface area contributed by atoms with Crippen LogP contribution >= 0.6 is 11.8 Å². The van der Waals surface area contributed by atoms with Crippen LogP contribution in [-0.2, 0) is 0 Å². The molecule has 1 aromatic rings. The van der Waals surface area contributed by atoms with Crippen molar-refractivity contribution in [1.82, 2.24) is 5.16 Å². The van der Waals surface area contributed by atoms with E-state index in [1.54, 1.807) is 0 Å². The van der Waals surface area contributed by atoms with Crippen LogP contribution in [0.5, 0.6) is 0 Å². The Hall–Kier alpha value is -1.40. The van der Waals surface area contributed by atoms with E-state index in [2.05, 4.69) is 9.68 Å². The van der Waals surface area contributed by atoms with Crippen LogP contribution < -0.4 is 0 Å². The number of carbonyl (C=O) groups excluding carboxylic acids is 2. The van der Waals surface area contributed by atoms with Crippen molar-refractivity contribution < 1.29 is 19.2 Å². The minimum absolute atomic E-state index is 0.00616. The molecular formula is C9H7NO4S. The molecule has 1 N–H and O–H groups in total. The number of thioether (sulfide) groups is 1. The molecule has 1 aromatic heterocycles. The van der Waals surface area contributed by atoms with Crippen molar-refractivity contribution in [2.45, 2.75) is 0 Å². The minimum atomic E-state index is -0.359. The maximum atomic E-state index is 11.7.